The summed E-state index contributed by atoms with van der Waals surface area (Å²) in [6.45, 7) is 7.78. The van der Waals surface area contributed by atoms with E-state index in [9.17, 15) is 23.1 Å². The van der Waals surface area contributed by atoms with Crippen molar-refractivity contribution in [3.05, 3.63) is 77.1 Å². The lowest BCUT2D eigenvalue weighted by Crippen LogP contribution is -2.24. The van der Waals surface area contributed by atoms with Crippen molar-refractivity contribution in [3.63, 3.8) is 0 Å². The Morgan fingerprint density at radius 3 is 2.43 bits per heavy atom. The summed E-state index contributed by atoms with van der Waals surface area (Å²) in [6.07, 6.45) is 0.584. The van der Waals surface area contributed by atoms with Gasteiger partial charge in [-0.25, -0.2) is 4.79 Å². The van der Waals surface area contributed by atoms with Crippen LogP contribution in [0.2, 0.25) is 0 Å². The summed E-state index contributed by atoms with van der Waals surface area (Å²) in [5, 5.41) is 27.0. The maximum atomic E-state index is 13.2. The Kier molecular flexibility index (Phi) is 10.0. The molecule has 2 rings (SSSR count). The quantitative estimate of drug-likeness (QED) is 0.146. The molecule has 0 bridgehead atoms. The summed E-state index contributed by atoms with van der Waals surface area (Å²) in [6, 6.07) is 7.68. The maximum Gasteiger partial charge on any atom is 0.417 e. The molecule has 0 saturated heterocycles. The Hall–Kier alpha value is -4.59. The number of aromatic hydroxyl groups is 1. The van der Waals surface area contributed by atoms with Gasteiger partial charge >= 0.3 is 12.2 Å². The molecule has 2 amide bonds. The number of hydrogen-bond acceptors (Lipinski definition) is 5. The van der Waals surface area contributed by atoms with Crippen molar-refractivity contribution in [2.45, 2.75) is 32.9 Å². The van der Waals surface area contributed by atoms with Crippen LogP contribution in [0.15, 0.2) is 70.4 Å². The lowest BCUT2D eigenvalue weighted by Gasteiger charge is -2.14. The Labute approximate surface area is 213 Å². The van der Waals surface area contributed by atoms with Gasteiger partial charge in [-0.1, -0.05) is 19.9 Å². The summed E-state index contributed by atoms with van der Waals surface area (Å²) in [7, 11) is 1.50. The normalized spacial score (nSPS) is 12.2. The largest absolute Gasteiger partial charge is 0.507 e. The van der Waals surface area contributed by atoms with Crippen LogP contribution >= 0.6 is 0 Å². The zero-order valence-corrected chi connectivity index (χ0v) is 20.6. The number of allylic oxidation sites excluding steroid dienone is 2. The molecular formula is C26H27F3N6O2. The summed E-state index contributed by atoms with van der Waals surface area (Å²) in [5.41, 5.74) is -0.202. The highest BCUT2D eigenvalue weighted by Crippen LogP contribution is 2.33. The van der Waals surface area contributed by atoms with Crippen LogP contribution in [0, 0.1) is 11.3 Å². The number of benzene rings is 2. The number of amides is 2. The van der Waals surface area contributed by atoms with E-state index in [2.05, 4.69) is 32.5 Å². The minimum absolute atomic E-state index is 0.129. The fourth-order valence-corrected chi connectivity index (χ4v) is 3.11. The molecule has 2 aromatic carbocycles. The number of aliphatic imine (C=N–C) groups is 2. The van der Waals surface area contributed by atoms with Gasteiger partial charge in [-0.3, -0.25) is 9.98 Å². The van der Waals surface area contributed by atoms with Gasteiger partial charge in [0, 0.05) is 36.0 Å². The number of amidine groups is 1. The average Bonchev–Trinajstić information content (AvgIpc) is 2.83. The predicted molar refractivity (Wildman–Crippen MR) is 139 cm³/mol. The number of urea groups is 1. The third kappa shape index (κ3) is 8.54. The second kappa shape index (κ2) is 12.9. The van der Waals surface area contributed by atoms with E-state index in [0.717, 1.165) is 18.9 Å². The predicted octanol–water partition coefficient (Wildman–Crippen LogP) is 6.18. The molecule has 0 aliphatic heterocycles. The van der Waals surface area contributed by atoms with Gasteiger partial charge in [0.2, 0.25) is 0 Å². The third-order valence-electron chi connectivity index (χ3n) is 4.81. The number of anilines is 2. The van der Waals surface area contributed by atoms with E-state index in [4.69, 9.17) is 5.26 Å². The van der Waals surface area contributed by atoms with Crippen molar-refractivity contribution < 1.29 is 23.1 Å². The van der Waals surface area contributed by atoms with Gasteiger partial charge in [0.05, 0.1) is 22.8 Å². The number of nitrogens with zero attached hydrogens (tertiary/aromatic N) is 3. The molecule has 0 heterocycles. The van der Waals surface area contributed by atoms with Crippen LogP contribution in [0.4, 0.5) is 29.3 Å². The molecule has 0 fully saturated rings. The molecule has 0 radical (unpaired) electrons. The SMILES string of the molecule is C=C(/C=C(C)/N=C/CCC)N/C(=N\C)c1cc(NC(=O)Nc2ccc(C#N)c(C(F)(F)F)c2)ccc1O. The zero-order chi connectivity index (χ0) is 27.6. The first-order chi connectivity index (χ1) is 17.5. The van der Waals surface area contributed by atoms with Crippen LogP contribution in [0.3, 0.4) is 0 Å². The van der Waals surface area contributed by atoms with Gasteiger partial charge in [-0.05, 0) is 55.8 Å². The van der Waals surface area contributed by atoms with E-state index in [0.29, 0.717) is 17.5 Å². The van der Waals surface area contributed by atoms with Crippen LogP contribution in [0.25, 0.3) is 0 Å². The number of unbranched alkanes of at least 4 members (excludes halogenated alkanes) is 1. The van der Waals surface area contributed by atoms with Crippen molar-refractivity contribution in [2.24, 2.45) is 9.98 Å². The number of carbonyl (C=O) groups is 1. The monoisotopic (exact) mass is 512 g/mol. The second-order valence-corrected chi connectivity index (χ2v) is 7.79. The van der Waals surface area contributed by atoms with Gasteiger partial charge in [-0.2, -0.15) is 18.4 Å². The fourth-order valence-electron chi connectivity index (χ4n) is 3.11. The summed E-state index contributed by atoms with van der Waals surface area (Å²) >= 11 is 0. The number of phenolic OH excluding ortho intramolecular Hbond substituents is 1. The summed E-state index contributed by atoms with van der Waals surface area (Å²) in [5.74, 6) is 0.130. The second-order valence-electron chi connectivity index (χ2n) is 7.79. The number of phenols is 1. The van der Waals surface area contributed by atoms with Crippen molar-refractivity contribution in [1.29, 1.82) is 5.26 Å². The van der Waals surface area contributed by atoms with Crippen LogP contribution < -0.4 is 16.0 Å². The highest BCUT2D eigenvalue weighted by molar-refractivity contribution is 6.05. The first-order valence-corrected chi connectivity index (χ1v) is 11.1. The minimum atomic E-state index is -4.76. The average molecular weight is 513 g/mol. The highest BCUT2D eigenvalue weighted by atomic mass is 19.4. The topological polar surface area (TPSA) is 122 Å². The van der Waals surface area contributed by atoms with Gasteiger partial charge in [0.1, 0.15) is 11.6 Å². The number of alkyl halides is 3. The molecule has 0 aliphatic rings. The standard InChI is InChI=1S/C26H27F3N6O2/c1-5-6-11-32-16(2)12-17(3)33-24(31-4)21-13-19(9-10-23(21)36)34-25(37)35-20-8-7-18(15-30)22(14-20)26(27,28)29/h7-14,36H,3,5-6H2,1-2,4H3,(H,31,33)(H2,34,35,37)/b16-12+,32-11+. The summed E-state index contributed by atoms with van der Waals surface area (Å²) in [4.78, 5) is 20.9. The van der Waals surface area contributed by atoms with E-state index < -0.39 is 23.3 Å². The number of rotatable bonds is 8. The lowest BCUT2D eigenvalue weighted by atomic mass is 10.1. The lowest BCUT2D eigenvalue weighted by molar-refractivity contribution is -0.137. The molecule has 8 nitrogen and oxygen atoms in total. The molecule has 37 heavy (non-hydrogen) atoms. The number of hydrogen-bond donors (Lipinski definition) is 4. The molecule has 0 spiro atoms. The summed E-state index contributed by atoms with van der Waals surface area (Å²) < 4.78 is 39.6. The molecule has 0 saturated carbocycles. The van der Waals surface area contributed by atoms with Crippen molar-refractivity contribution in [2.75, 3.05) is 17.7 Å². The molecular weight excluding hydrogens is 485 g/mol. The van der Waals surface area contributed by atoms with Crippen LogP contribution in [-0.2, 0) is 6.18 Å². The van der Waals surface area contributed by atoms with E-state index in [1.54, 1.807) is 6.08 Å². The van der Waals surface area contributed by atoms with Crippen LogP contribution in [-0.4, -0.2) is 30.2 Å². The Morgan fingerprint density at radius 1 is 1.19 bits per heavy atom. The Morgan fingerprint density at radius 2 is 1.84 bits per heavy atom. The fraction of sp³-hybridized carbons (Fsp3) is 0.231. The van der Waals surface area contributed by atoms with E-state index in [-0.39, 0.29) is 28.5 Å². The van der Waals surface area contributed by atoms with E-state index >= 15 is 0 Å². The van der Waals surface area contributed by atoms with Gasteiger partial charge < -0.3 is 21.1 Å². The van der Waals surface area contributed by atoms with Crippen molar-refractivity contribution in [1.82, 2.24) is 5.32 Å². The molecule has 2 aromatic rings. The molecule has 194 valence electrons. The highest BCUT2D eigenvalue weighted by Gasteiger charge is 2.34. The molecule has 0 aliphatic carbocycles. The van der Waals surface area contributed by atoms with E-state index in [1.165, 1.54) is 37.4 Å². The minimum Gasteiger partial charge on any atom is -0.507 e. The Balaban J connectivity index is 2.17. The number of nitrogens with one attached hydrogen (secondary N) is 3. The molecule has 4 N–H and O–H groups in total. The number of nitriles is 1. The smallest absolute Gasteiger partial charge is 0.417 e. The molecule has 0 aromatic heterocycles. The van der Waals surface area contributed by atoms with E-state index in [1.807, 2.05) is 20.1 Å². The third-order valence-corrected chi connectivity index (χ3v) is 4.81. The zero-order valence-electron chi connectivity index (χ0n) is 20.6. The van der Waals surface area contributed by atoms with Crippen LogP contribution in [0.1, 0.15) is 43.4 Å². The molecule has 0 atom stereocenters. The first-order valence-electron chi connectivity index (χ1n) is 11.1. The van der Waals surface area contributed by atoms with Crippen LogP contribution in [0.5, 0.6) is 5.75 Å². The first kappa shape index (κ1) is 28.6. The number of halogens is 3. The van der Waals surface area contributed by atoms with Gasteiger partial charge in [0.25, 0.3) is 0 Å². The van der Waals surface area contributed by atoms with Gasteiger partial charge in [0.15, 0.2) is 0 Å². The van der Waals surface area contributed by atoms with Gasteiger partial charge in [-0.15, -0.1) is 0 Å². The van der Waals surface area contributed by atoms with Crippen molar-refractivity contribution >= 4 is 29.5 Å². The number of carbonyl (C=O) groups excluding carboxylic acids is 1. The molecule has 11 heteroatoms. The Bertz CT molecular complexity index is 1290. The maximum absolute atomic E-state index is 13.2. The molecule has 0 unspecified atom stereocenters. The van der Waals surface area contributed by atoms with Crippen molar-refractivity contribution in [3.8, 4) is 11.8 Å².